The predicted octanol–water partition coefficient (Wildman–Crippen LogP) is 6.79. The number of amides is 1. The highest BCUT2D eigenvalue weighted by Gasteiger charge is 2.31. The molecule has 0 bridgehead atoms. The number of rotatable bonds is 8. The largest absolute Gasteiger partial charge is 0.371 e. The van der Waals surface area contributed by atoms with Gasteiger partial charge in [-0.05, 0) is 51.3 Å². The van der Waals surface area contributed by atoms with E-state index in [0.717, 1.165) is 34.6 Å². The van der Waals surface area contributed by atoms with Crippen molar-refractivity contribution in [2.24, 2.45) is 10.2 Å². The number of carbonyl (C=O) groups is 1. The van der Waals surface area contributed by atoms with Crippen molar-refractivity contribution in [3.05, 3.63) is 30.1 Å². The summed E-state index contributed by atoms with van der Waals surface area (Å²) in [5.41, 5.74) is 3.93. The monoisotopic (exact) mass is 573 g/mol. The summed E-state index contributed by atoms with van der Waals surface area (Å²) in [4.78, 5) is 22.4. The van der Waals surface area contributed by atoms with Crippen LogP contribution in [0.4, 0.5) is 26.2 Å². The molecule has 1 fully saturated rings. The molecule has 2 N–H and O–H groups in total. The van der Waals surface area contributed by atoms with Crippen LogP contribution in [0.3, 0.4) is 0 Å². The summed E-state index contributed by atoms with van der Waals surface area (Å²) >= 11 is 0. The van der Waals surface area contributed by atoms with Gasteiger partial charge in [-0.1, -0.05) is 27.7 Å². The summed E-state index contributed by atoms with van der Waals surface area (Å²) in [6.45, 7) is 13.7. The van der Waals surface area contributed by atoms with E-state index in [9.17, 15) is 13.6 Å². The summed E-state index contributed by atoms with van der Waals surface area (Å²) in [6.07, 6.45) is 2.70. The highest BCUT2D eigenvalue weighted by atomic mass is 19.1. The Morgan fingerprint density at radius 3 is 2.49 bits per heavy atom. The smallest absolute Gasteiger partial charge is 0.243 e. The number of halogens is 2. The van der Waals surface area contributed by atoms with Gasteiger partial charge in [0, 0.05) is 32.3 Å². The van der Waals surface area contributed by atoms with Gasteiger partial charge in [0.1, 0.15) is 17.4 Å². The van der Waals surface area contributed by atoms with E-state index in [1.54, 1.807) is 18.5 Å². The quantitative estimate of drug-likeness (QED) is 0.287. The molecule has 3 aromatic rings. The Morgan fingerprint density at radius 1 is 1.22 bits per heavy atom. The zero-order valence-electron chi connectivity index (χ0n) is 25.6. The summed E-state index contributed by atoms with van der Waals surface area (Å²) in [7, 11) is 1.78. The number of fused-ring (bicyclic) bond motifs is 1. The van der Waals surface area contributed by atoms with E-state index in [-0.39, 0.29) is 25.2 Å². The molecular weight excluding hydrogens is 528 g/mol. The van der Waals surface area contributed by atoms with Crippen LogP contribution in [0, 0.1) is 6.92 Å². The van der Waals surface area contributed by atoms with E-state index in [2.05, 4.69) is 37.9 Å². The minimum Gasteiger partial charge on any atom is -0.371 e. The summed E-state index contributed by atoms with van der Waals surface area (Å²) in [6, 6.07) is 5.45. The number of likely N-dealkylation sites (tertiary alicyclic amines) is 1. The number of aryl methyl sites for hydroxylation is 1. The first-order valence-electron chi connectivity index (χ1n) is 14.4. The molecular formula is C29H45F2N9O. The fourth-order valence-electron chi connectivity index (χ4n) is 4.04. The van der Waals surface area contributed by atoms with Gasteiger partial charge in [-0.15, -0.1) is 5.10 Å². The molecule has 1 aliphatic rings. The van der Waals surface area contributed by atoms with Crippen LogP contribution in [0.15, 0.2) is 34.6 Å². The number of hydrogen-bond donors (Lipinski definition) is 2. The first kappa shape index (κ1) is 33.5. The lowest BCUT2D eigenvalue weighted by Crippen LogP contribution is -2.49. The summed E-state index contributed by atoms with van der Waals surface area (Å²) < 4.78 is 27.1. The first-order chi connectivity index (χ1) is 19.7. The van der Waals surface area contributed by atoms with E-state index in [0.29, 0.717) is 31.2 Å². The van der Waals surface area contributed by atoms with Crippen molar-refractivity contribution < 1.29 is 13.6 Å². The third-order valence-electron chi connectivity index (χ3n) is 6.53. The van der Waals surface area contributed by atoms with Gasteiger partial charge in [-0.25, -0.2) is 8.91 Å². The third-order valence-corrected chi connectivity index (χ3v) is 6.53. The lowest BCUT2D eigenvalue weighted by atomic mass is 10.0. The van der Waals surface area contributed by atoms with Crippen LogP contribution >= 0.6 is 0 Å². The second-order valence-corrected chi connectivity index (χ2v) is 9.54. The number of nitrogens with one attached hydrogen (secondary N) is 2. The van der Waals surface area contributed by atoms with Gasteiger partial charge >= 0.3 is 0 Å². The van der Waals surface area contributed by atoms with Crippen LogP contribution in [-0.4, -0.2) is 75.5 Å². The molecule has 0 radical (unpaired) electrons. The molecule has 41 heavy (non-hydrogen) atoms. The molecule has 0 aromatic carbocycles. The molecule has 10 nitrogen and oxygen atoms in total. The minimum atomic E-state index is -1.20. The molecule has 3 aromatic heterocycles. The van der Waals surface area contributed by atoms with Gasteiger partial charge in [0.2, 0.25) is 11.9 Å². The highest BCUT2D eigenvalue weighted by molar-refractivity contribution is 5.87. The Bertz CT molecular complexity index is 1280. The van der Waals surface area contributed by atoms with Crippen LogP contribution in [0.2, 0.25) is 0 Å². The van der Waals surface area contributed by atoms with Crippen LogP contribution in [0.25, 0.3) is 16.8 Å². The van der Waals surface area contributed by atoms with E-state index in [1.165, 1.54) is 11.8 Å². The number of pyridine rings is 1. The number of nitrogens with zero attached hydrogens (tertiary/aromatic N) is 7. The first-order valence-corrected chi connectivity index (χ1v) is 14.4. The van der Waals surface area contributed by atoms with Crippen LogP contribution in [0.1, 0.15) is 66.5 Å². The van der Waals surface area contributed by atoms with Crippen molar-refractivity contribution in [2.45, 2.75) is 86.0 Å². The minimum absolute atomic E-state index is 0.0692. The average molecular weight is 574 g/mol. The number of aromatic nitrogens is 4. The number of hydrogen-bond acceptors (Lipinski definition) is 8. The predicted molar refractivity (Wildman–Crippen MR) is 162 cm³/mol. The standard InChI is InChI=1S/C24H32FN9O.C3H7F.C2H6/c1-6-14(2)30-31-19-7-8-20(27-15(19)3)17-9-12-34-22(17)23(26-5)29-24(32-34)28-21-10-11-33(16(4)35)13-18(21)25;1-2-3-4;1-2/h7-9,12,14,18,21H,6,10-11,13H2,1-5H3,(H2,26,28,29,32);2-3H2,1H3;1-2H3. The Labute approximate surface area is 242 Å². The Hall–Kier alpha value is -3.70. The van der Waals surface area contributed by atoms with Crippen LogP contribution in [-0.2, 0) is 4.79 Å². The normalized spacial score (nSPS) is 17.4. The van der Waals surface area contributed by atoms with Crippen molar-refractivity contribution >= 4 is 28.9 Å². The van der Waals surface area contributed by atoms with E-state index < -0.39 is 12.2 Å². The molecule has 4 heterocycles. The molecule has 4 rings (SSSR count). The van der Waals surface area contributed by atoms with Gasteiger partial charge in [-0.3, -0.25) is 14.2 Å². The van der Waals surface area contributed by atoms with Crippen molar-refractivity contribution in [1.82, 2.24) is 24.5 Å². The van der Waals surface area contributed by atoms with Crippen molar-refractivity contribution in [3.63, 3.8) is 0 Å². The fourth-order valence-corrected chi connectivity index (χ4v) is 4.04. The van der Waals surface area contributed by atoms with Gasteiger partial charge in [0.15, 0.2) is 5.82 Å². The number of alkyl halides is 2. The summed E-state index contributed by atoms with van der Waals surface area (Å²) in [5.74, 6) is 0.800. The Balaban J connectivity index is 0.000000902. The fraction of sp³-hybridized carbons (Fsp3) is 0.586. The Kier molecular flexibility index (Phi) is 13.5. The molecule has 1 aliphatic heterocycles. The van der Waals surface area contributed by atoms with Gasteiger partial charge in [-0.2, -0.15) is 15.2 Å². The lowest BCUT2D eigenvalue weighted by molar-refractivity contribution is -0.131. The zero-order valence-corrected chi connectivity index (χ0v) is 25.6. The van der Waals surface area contributed by atoms with E-state index >= 15 is 0 Å². The van der Waals surface area contributed by atoms with Crippen molar-refractivity contribution in [2.75, 3.05) is 37.4 Å². The maximum Gasteiger partial charge on any atom is 0.243 e. The van der Waals surface area contributed by atoms with Crippen LogP contribution < -0.4 is 10.6 Å². The molecule has 0 aliphatic carbocycles. The zero-order chi connectivity index (χ0) is 30.5. The second kappa shape index (κ2) is 16.5. The molecule has 12 heteroatoms. The van der Waals surface area contributed by atoms with Crippen LogP contribution in [0.5, 0.6) is 0 Å². The molecule has 0 saturated carbocycles. The highest BCUT2D eigenvalue weighted by Crippen LogP contribution is 2.31. The number of anilines is 2. The maximum absolute atomic E-state index is 14.7. The van der Waals surface area contributed by atoms with E-state index in [4.69, 9.17) is 4.98 Å². The molecule has 1 amide bonds. The van der Waals surface area contributed by atoms with Crippen molar-refractivity contribution in [1.29, 1.82) is 0 Å². The topological polar surface area (TPSA) is 112 Å². The summed E-state index contributed by atoms with van der Waals surface area (Å²) in [5, 5.41) is 19.5. The average Bonchev–Trinajstić information content (AvgIpc) is 3.42. The third kappa shape index (κ3) is 8.89. The molecule has 226 valence electrons. The van der Waals surface area contributed by atoms with Gasteiger partial charge in [0.05, 0.1) is 36.7 Å². The lowest BCUT2D eigenvalue weighted by Gasteiger charge is -2.34. The van der Waals surface area contributed by atoms with Gasteiger partial charge in [0.25, 0.3) is 0 Å². The maximum atomic E-state index is 14.7. The Morgan fingerprint density at radius 2 is 1.93 bits per heavy atom. The number of piperidine rings is 1. The number of carbonyl (C=O) groups excluding carboxylic acids is 1. The molecule has 0 spiro atoms. The SMILES string of the molecule is CC.CCC(C)N=Nc1ccc(-c2ccn3nc(NC4CCN(C(C)=O)CC4F)nc(NC)c23)nc1C.CCCF. The van der Waals surface area contributed by atoms with Crippen molar-refractivity contribution in [3.8, 4) is 11.3 Å². The molecule has 3 unspecified atom stereocenters. The molecule has 3 atom stereocenters. The second-order valence-electron chi connectivity index (χ2n) is 9.54. The van der Waals surface area contributed by atoms with E-state index in [1.807, 2.05) is 52.1 Å². The molecule has 1 saturated heterocycles. The number of azo groups is 1. The van der Waals surface area contributed by atoms with Gasteiger partial charge < -0.3 is 15.5 Å².